The smallest absolute Gasteiger partial charge is 0.0538 e. The van der Waals surface area contributed by atoms with Gasteiger partial charge in [-0.25, -0.2) is 0 Å². The monoisotopic (exact) mass is 668 g/mol. The molecular weight excluding hydrogens is 629 g/mol. The van der Waals surface area contributed by atoms with E-state index in [1.807, 2.05) is 0 Å². The van der Waals surface area contributed by atoms with E-state index in [2.05, 4.69) is 205 Å². The molecule has 8 aromatic rings. The molecule has 0 fully saturated rings. The molecule has 1 aliphatic carbocycles. The summed E-state index contributed by atoms with van der Waals surface area (Å²) in [6.07, 6.45) is 7.69. The van der Waals surface area contributed by atoms with Gasteiger partial charge in [-0.15, -0.1) is 0 Å². The minimum Gasteiger partial charge on any atom is -0.344 e. The summed E-state index contributed by atoms with van der Waals surface area (Å²) in [5.41, 5.74) is 17.5. The third-order valence-electron chi connectivity index (χ3n) is 10.5. The first kappa shape index (κ1) is 31.6. The zero-order chi connectivity index (χ0) is 34.9. The third-order valence-corrected chi connectivity index (χ3v) is 10.5. The highest BCUT2D eigenvalue weighted by atomic mass is 15.1. The molecule has 2 heteroatoms. The van der Waals surface area contributed by atoms with Crippen LogP contribution < -0.4 is 4.90 Å². The zero-order valence-electron chi connectivity index (χ0n) is 29.4. The van der Waals surface area contributed by atoms with Gasteiger partial charge in [0.2, 0.25) is 0 Å². The first-order chi connectivity index (χ1) is 25.7. The van der Waals surface area contributed by atoms with Crippen molar-refractivity contribution in [2.75, 3.05) is 11.9 Å². The molecule has 9 rings (SSSR count). The summed E-state index contributed by atoms with van der Waals surface area (Å²) in [6, 6.07) is 64.1. The third kappa shape index (κ3) is 6.03. The number of para-hydroxylation sites is 2. The van der Waals surface area contributed by atoms with Gasteiger partial charge < -0.3 is 9.47 Å². The minimum atomic E-state index is 0.927. The number of nitrogens with zero attached hydrogens (tertiary/aromatic N) is 2. The van der Waals surface area contributed by atoms with Crippen LogP contribution in [0.15, 0.2) is 182 Å². The number of benzene rings is 7. The predicted octanol–water partition coefficient (Wildman–Crippen LogP) is 12.9. The maximum Gasteiger partial charge on any atom is 0.0538 e. The molecule has 52 heavy (non-hydrogen) atoms. The summed E-state index contributed by atoms with van der Waals surface area (Å²) in [5.74, 6) is 0. The van der Waals surface area contributed by atoms with E-state index in [-0.39, 0.29) is 0 Å². The van der Waals surface area contributed by atoms with E-state index in [4.69, 9.17) is 0 Å². The summed E-state index contributed by atoms with van der Waals surface area (Å²) < 4.78 is 2.46. The Kier molecular flexibility index (Phi) is 8.34. The van der Waals surface area contributed by atoms with Gasteiger partial charge in [0, 0.05) is 46.3 Å². The van der Waals surface area contributed by atoms with Crippen LogP contribution in [0.25, 0.3) is 56.0 Å². The Balaban J connectivity index is 1.12. The molecular formula is C50H40N2. The van der Waals surface area contributed by atoms with Gasteiger partial charge in [-0.1, -0.05) is 140 Å². The molecule has 0 aliphatic heterocycles. The predicted molar refractivity (Wildman–Crippen MR) is 221 cm³/mol. The Labute approximate surface area is 306 Å². The molecule has 2 nitrogen and oxygen atoms in total. The van der Waals surface area contributed by atoms with E-state index in [1.54, 1.807) is 0 Å². The molecule has 1 aromatic heterocycles. The topological polar surface area (TPSA) is 8.17 Å². The van der Waals surface area contributed by atoms with Crippen LogP contribution in [-0.4, -0.2) is 11.6 Å². The van der Waals surface area contributed by atoms with E-state index in [0.29, 0.717) is 0 Å². The molecule has 250 valence electrons. The second kappa shape index (κ2) is 13.7. The molecule has 0 bridgehead atoms. The molecule has 0 radical (unpaired) electrons. The number of anilines is 2. The van der Waals surface area contributed by atoms with Gasteiger partial charge in [-0.2, -0.15) is 0 Å². The molecule has 0 N–H and O–H groups in total. The fourth-order valence-electron chi connectivity index (χ4n) is 7.84. The minimum absolute atomic E-state index is 0.927. The van der Waals surface area contributed by atoms with Gasteiger partial charge >= 0.3 is 0 Å². The number of fused-ring (bicyclic) bond motifs is 3. The molecule has 1 heterocycles. The lowest BCUT2D eigenvalue weighted by molar-refractivity contribution is 0.888. The van der Waals surface area contributed by atoms with E-state index in [0.717, 1.165) is 24.9 Å². The van der Waals surface area contributed by atoms with E-state index >= 15 is 0 Å². The van der Waals surface area contributed by atoms with Crippen molar-refractivity contribution in [2.24, 2.45) is 0 Å². The first-order valence-corrected chi connectivity index (χ1v) is 18.3. The van der Waals surface area contributed by atoms with Crippen molar-refractivity contribution < 1.29 is 0 Å². The lowest BCUT2D eigenvalue weighted by atomic mass is 9.93. The zero-order valence-corrected chi connectivity index (χ0v) is 29.4. The number of allylic oxidation sites excluding steroid dienone is 1. The van der Waals surface area contributed by atoms with Gasteiger partial charge in [0.1, 0.15) is 0 Å². The fraction of sp³-hybridized carbons (Fsp3) is 0.0800. The van der Waals surface area contributed by atoms with Crippen LogP contribution in [0, 0.1) is 0 Å². The highest BCUT2D eigenvalue weighted by molar-refractivity contribution is 5.97. The average Bonchev–Trinajstić information content (AvgIpc) is 3.55. The van der Waals surface area contributed by atoms with Gasteiger partial charge in [-0.05, 0) is 107 Å². The van der Waals surface area contributed by atoms with Crippen molar-refractivity contribution in [3.8, 4) is 39.1 Å². The summed E-state index contributed by atoms with van der Waals surface area (Å²) in [7, 11) is 2.16. The van der Waals surface area contributed by atoms with Crippen molar-refractivity contribution in [1.29, 1.82) is 0 Å². The second-order valence-corrected chi connectivity index (χ2v) is 13.8. The SMILES string of the molecule is CN(c1ccccc1)c1ccc(-c2ccc3c(c2)c2c(n3-c3ccccc3)CCC=C2)cc1-c1ccc(-c2cccc(Cc3ccccc3)c2)cc1. The Morgan fingerprint density at radius 2 is 1.17 bits per heavy atom. The molecule has 0 unspecified atom stereocenters. The van der Waals surface area contributed by atoms with Crippen LogP contribution in [0.5, 0.6) is 0 Å². The standard InChI is InChI=1S/C50H40N2/c1-51(43-18-7-3-8-19-43)48-30-28-41(42-29-31-50-47(35-42)45-22-11-12-23-49(45)52(50)44-20-9-4-10-21-44)34-46(48)39-26-24-38(25-27-39)40-17-13-16-37(33-40)32-36-14-5-2-6-15-36/h2-11,13-22,24-31,33-35H,12,23,32H2,1H3. The number of aromatic nitrogens is 1. The molecule has 1 aliphatic rings. The van der Waals surface area contributed by atoms with Crippen LogP contribution in [0.1, 0.15) is 28.8 Å². The quantitative estimate of drug-likeness (QED) is 0.156. The number of hydrogen-bond acceptors (Lipinski definition) is 1. The largest absolute Gasteiger partial charge is 0.344 e. The Bertz CT molecular complexity index is 2530. The molecule has 0 atom stereocenters. The molecule has 0 spiro atoms. The highest BCUT2D eigenvalue weighted by Gasteiger charge is 2.20. The maximum atomic E-state index is 2.46. The van der Waals surface area contributed by atoms with Crippen molar-refractivity contribution in [2.45, 2.75) is 19.3 Å². The van der Waals surface area contributed by atoms with E-state index < -0.39 is 0 Å². The lowest BCUT2D eigenvalue weighted by Gasteiger charge is -2.24. The molecule has 0 saturated heterocycles. The lowest BCUT2D eigenvalue weighted by Crippen LogP contribution is -2.10. The van der Waals surface area contributed by atoms with Gasteiger partial charge in [0.15, 0.2) is 0 Å². The summed E-state index contributed by atoms with van der Waals surface area (Å²) in [4.78, 5) is 2.30. The van der Waals surface area contributed by atoms with Gasteiger partial charge in [-0.3, -0.25) is 0 Å². The maximum absolute atomic E-state index is 2.46. The summed E-state index contributed by atoms with van der Waals surface area (Å²) >= 11 is 0. The number of rotatable bonds is 8. The van der Waals surface area contributed by atoms with Crippen LogP contribution in [-0.2, 0) is 12.8 Å². The van der Waals surface area contributed by atoms with Crippen LogP contribution in [0.2, 0.25) is 0 Å². The Morgan fingerprint density at radius 3 is 1.96 bits per heavy atom. The van der Waals surface area contributed by atoms with Crippen molar-refractivity contribution >= 4 is 28.4 Å². The summed E-state index contributed by atoms with van der Waals surface area (Å²) in [6.45, 7) is 0. The van der Waals surface area contributed by atoms with Crippen molar-refractivity contribution in [3.63, 3.8) is 0 Å². The van der Waals surface area contributed by atoms with E-state index in [1.165, 1.54) is 78.0 Å². The molecule has 0 amide bonds. The average molecular weight is 669 g/mol. The highest BCUT2D eigenvalue weighted by Crippen LogP contribution is 2.41. The first-order valence-electron chi connectivity index (χ1n) is 18.3. The van der Waals surface area contributed by atoms with Crippen LogP contribution >= 0.6 is 0 Å². The van der Waals surface area contributed by atoms with Crippen LogP contribution in [0.3, 0.4) is 0 Å². The molecule has 0 saturated carbocycles. The van der Waals surface area contributed by atoms with E-state index in [9.17, 15) is 0 Å². The molecule has 7 aromatic carbocycles. The summed E-state index contributed by atoms with van der Waals surface area (Å²) in [5, 5.41) is 1.30. The Hall–Kier alpha value is -6.38. The number of hydrogen-bond donors (Lipinski definition) is 0. The Morgan fingerprint density at radius 1 is 0.538 bits per heavy atom. The van der Waals surface area contributed by atoms with Gasteiger partial charge in [0.25, 0.3) is 0 Å². The van der Waals surface area contributed by atoms with Gasteiger partial charge in [0.05, 0.1) is 5.52 Å². The fourth-order valence-corrected chi connectivity index (χ4v) is 7.84. The van der Waals surface area contributed by atoms with Crippen molar-refractivity contribution in [1.82, 2.24) is 4.57 Å². The second-order valence-electron chi connectivity index (χ2n) is 13.8. The van der Waals surface area contributed by atoms with Crippen molar-refractivity contribution in [3.05, 3.63) is 204 Å². The van der Waals surface area contributed by atoms with Crippen LogP contribution in [0.4, 0.5) is 11.4 Å². The normalized spacial score (nSPS) is 12.2.